The zero-order valence-corrected chi connectivity index (χ0v) is 41.1. The van der Waals surface area contributed by atoms with Crippen LogP contribution in [-0.4, -0.2) is 15.0 Å². The lowest BCUT2D eigenvalue weighted by Gasteiger charge is -2.63. The van der Waals surface area contributed by atoms with E-state index >= 15 is 0 Å². The van der Waals surface area contributed by atoms with Crippen LogP contribution < -0.4 is 0 Å². The zero-order valence-electron chi connectivity index (χ0n) is 41.1. The summed E-state index contributed by atoms with van der Waals surface area (Å²) in [6, 6.07) is 85.2. The van der Waals surface area contributed by atoms with E-state index in [-0.39, 0.29) is 10.8 Å². The van der Waals surface area contributed by atoms with Crippen molar-refractivity contribution in [2.75, 3.05) is 0 Å². The van der Waals surface area contributed by atoms with E-state index in [0.29, 0.717) is 34.9 Å². The van der Waals surface area contributed by atoms with Crippen molar-refractivity contribution in [2.24, 2.45) is 11.8 Å². The molecule has 4 saturated carbocycles. The van der Waals surface area contributed by atoms with E-state index < -0.39 is 0 Å². The number of nitriles is 1. The first-order chi connectivity index (χ1) is 36.5. The van der Waals surface area contributed by atoms with Gasteiger partial charge in [-0.2, -0.15) is 5.26 Å². The van der Waals surface area contributed by atoms with Gasteiger partial charge in [-0.1, -0.05) is 218 Å². The second-order valence-corrected chi connectivity index (χ2v) is 21.4. The smallest absolute Gasteiger partial charge is 0.164 e. The second-order valence-electron chi connectivity index (χ2n) is 21.4. The molecule has 0 spiro atoms. The number of fused-ring (bicyclic) bond motifs is 2. The highest BCUT2D eigenvalue weighted by Crippen LogP contribution is 2.67. The summed E-state index contributed by atoms with van der Waals surface area (Å²) < 4.78 is 0. The van der Waals surface area contributed by atoms with Crippen molar-refractivity contribution in [1.29, 1.82) is 5.26 Å². The van der Waals surface area contributed by atoms with Gasteiger partial charge in [-0.25, -0.2) is 15.0 Å². The molecule has 11 aromatic rings. The van der Waals surface area contributed by atoms with E-state index in [1.54, 1.807) is 0 Å². The summed E-state index contributed by atoms with van der Waals surface area (Å²) >= 11 is 0. The molecule has 1 aromatic heterocycles. The Hall–Kier alpha value is -8.78. The monoisotopic (exact) mass is 948 g/mol. The highest BCUT2D eigenvalue weighted by Gasteiger charge is 2.59. The molecule has 4 aliphatic rings. The molecule has 4 nitrogen and oxygen atoms in total. The maximum Gasteiger partial charge on any atom is 0.164 e. The quantitative estimate of drug-likeness (QED) is 0.145. The molecule has 15 rings (SSSR count). The van der Waals surface area contributed by atoms with Gasteiger partial charge in [0.2, 0.25) is 0 Å². The van der Waals surface area contributed by atoms with Crippen molar-refractivity contribution >= 4 is 21.5 Å². The SMILES string of the molecule is N#Cc1cccc(-c2ccc(C34CC5CC(CC(c6ccc(-c7ccc(-c8nc(-c9ccc(-c%10ccccc%10)cc9)nc(-c9ccc(-c%10ccccc%10)cc9)n8)cc7)c7ccccc67)(C5)C3)C4)c3ccccc23)c1. The Labute approximate surface area is 432 Å². The van der Waals surface area contributed by atoms with Crippen LogP contribution in [0.1, 0.15) is 55.2 Å². The van der Waals surface area contributed by atoms with Crippen molar-refractivity contribution in [3.8, 4) is 84.7 Å². The van der Waals surface area contributed by atoms with Gasteiger partial charge in [-0.3, -0.25) is 0 Å². The van der Waals surface area contributed by atoms with Gasteiger partial charge in [0.05, 0.1) is 11.6 Å². The van der Waals surface area contributed by atoms with Gasteiger partial charge >= 0.3 is 0 Å². The summed E-state index contributed by atoms with van der Waals surface area (Å²) in [5, 5.41) is 15.1. The Balaban J connectivity index is 0.813. The highest BCUT2D eigenvalue weighted by molar-refractivity contribution is 6.01. The van der Waals surface area contributed by atoms with Gasteiger partial charge < -0.3 is 0 Å². The molecule has 4 fully saturated rings. The number of rotatable bonds is 9. The summed E-state index contributed by atoms with van der Waals surface area (Å²) in [5.41, 5.74) is 16.1. The Morgan fingerprint density at radius 1 is 0.338 bits per heavy atom. The number of aromatic nitrogens is 3. The van der Waals surface area contributed by atoms with Crippen molar-refractivity contribution in [3.63, 3.8) is 0 Å². The molecule has 0 amide bonds. The van der Waals surface area contributed by atoms with E-state index in [4.69, 9.17) is 15.0 Å². The lowest BCUT2D eigenvalue weighted by molar-refractivity contribution is -0.0268. The predicted molar refractivity (Wildman–Crippen MR) is 302 cm³/mol. The fraction of sp³-hybridized carbons (Fsp3) is 0.143. The summed E-state index contributed by atoms with van der Waals surface area (Å²) in [5.74, 6) is 3.32. The third kappa shape index (κ3) is 7.62. The van der Waals surface area contributed by atoms with E-state index in [1.807, 2.05) is 30.3 Å². The highest BCUT2D eigenvalue weighted by atomic mass is 15.0. The summed E-state index contributed by atoms with van der Waals surface area (Å²) in [6.45, 7) is 0. The average molecular weight is 949 g/mol. The fourth-order valence-electron chi connectivity index (χ4n) is 14.1. The molecule has 4 bridgehead atoms. The number of benzene rings is 10. The van der Waals surface area contributed by atoms with Crippen LogP contribution in [0.5, 0.6) is 0 Å². The van der Waals surface area contributed by atoms with Crippen LogP contribution in [-0.2, 0) is 10.8 Å². The van der Waals surface area contributed by atoms with Crippen molar-refractivity contribution in [1.82, 2.24) is 15.0 Å². The van der Waals surface area contributed by atoms with Gasteiger partial charge in [-0.05, 0) is 151 Å². The van der Waals surface area contributed by atoms with Crippen LogP contribution in [0.3, 0.4) is 0 Å². The molecule has 0 aliphatic heterocycles. The summed E-state index contributed by atoms with van der Waals surface area (Å²) in [7, 11) is 0. The lowest BCUT2D eigenvalue weighted by Crippen LogP contribution is -2.56. The summed E-state index contributed by atoms with van der Waals surface area (Å²) in [6.07, 6.45) is 7.53. The molecule has 0 saturated heterocycles. The summed E-state index contributed by atoms with van der Waals surface area (Å²) in [4.78, 5) is 15.4. The Morgan fingerprint density at radius 2 is 0.703 bits per heavy atom. The second kappa shape index (κ2) is 17.8. The molecule has 1 heterocycles. The normalized spacial score (nSPS) is 19.7. The van der Waals surface area contributed by atoms with Crippen LogP contribution in [0, 0.1) is 23.2 Å². The van der Waals surface area contributed by atoms with Crippen molar-refractivity contribution < 1.29 is 0 Å². The molecule has 74 heavy (non-hydrogen) atoms. The van der Waals surface area contributed by atoms with Crippen molar-refractivity contribution in [3.05, 3.63) is 247 Å². The molecule has 10 aromatic carbocycles. The predicted octanol–water partition coefficient (Wildman–Crippen LogP) is 17.5. The van der Waals surface area contributed by atoms with Crippen LogP contribution >= 0.6 is 0 Å². The molecule has 0 N–H and O–H groups in total. The topological polar surface area (TPSA) is 62.5 Å². The van der Waals surface area contributed by atoms with Gasteiger partial charge in [0.25, 0.3) is 0 Å². The molecular formula is C70H52N4. The van der Waals surface area contributed by atoms with Crippen molar-refractivity contribution in [2.45, 2.75) is 49.4 Å². The first-order valence-electron chi connectivity index (χ1n) is 26.2. The third-order valence-corrected chi connectivity index (χ3v) is 16.9. The van der Waals surface area contributed by atoms with Gasteiger partial charge in [0.1, 0.15) is 0 Å². The maximum absolute atomic E-state index is 9.75. The first-order valence-corrected chi connectivity index (χ1v) is 26.2. The Morgan fingerprint density at radius 3 is 1.15 bits per heavy atom. The van der Waals surface area contributed by atoms with Crippen LogP contribution in [0.2, 0.25) is 0 Å². The molecule has 2 atom stereocenters. The van der Waals surface area contributed by atoms with E-state index in [9.17, 15) is 5.26 Å². The minimum atomic E-state index is 0.102. The minimum Gasteiger partial charge on any atom is -0.208 e. The average Bonchev–Trinajstić information content (AvgIpc) is 3.51. The van der Waals surface area contributed by atoms with Gasteiger partial charge in [0, 0.05) is 16.7 Å². The fourth-order valence-corrected chi connectivity index (χ4v) is 14.1. The Kier molecular flexibility index (Phi) is 10.6. The van der Waals surface area contributed by atoms with Crippen LogP contribution in [0.15, 0.2) is 231 Å². The third-order valence-electron chi connectivity index (χ3n) is 16.9. The molecule has 4 heteroatoms. The molecule has 0 radical (unpaired) electrons. The standard InChI is InChI=1S/C70H52N4/c71-44-46-12-11-17-57(39-46)59-35-37-65(63-21-10-8-19-61(59)63)70-42-47-38-48(43-70)41-69(40-47,45-70)64-36-34-58(60-18-7-9-20-62(60)64)53-26-32-56(33-27-53)68-73-66(54-28-22-51(23-29-54)49-13-3-1-4-14-49)72-67(74-68)55-30-24-52(25-31-55)50-15-5-2-6-16-50/h1-37,39,47-48H,38,40-43,45H2. The largest absolute Gasteiger partial charge is 0.208 e. The zero-order chi connectivity index (χ0) is 49.2. The van der Waals surface area contributed by atoms with Crippen LogP contribution in [0.4, 0.5) is 0 Å². The van der Waals surface area contributed by atoms with E-state index in [2.05, 4.69) is 206 Å². The molecule has 2 unspecified atom stereocenters. The number of hydrogen-bond donors (Lipinski definition) is 0. The van der Waals surface area contributed by atoms with Crippen LogP contribution in [0.25, 0.3) is 100 Å². The first kappa shape index (κ1) is 44.0. The Bertz CT molecular complexity index is 3850. The van der Waals surface area contributed by atoms with E-state index in [1.165, 1.54) is 99.0 Å². The molecule has 4 aliphatic carbocycles. The molecular weight excluding hydrogens is 897 g/mol. The molecule has 352 valence electrons. The minimum absolute atomic E-state index is 0.102. The maximum atomic E-state index is 9.75. The number of hydrogen-bond acceptors (Lipinski definition) is 4. The number of nitrogens with zero attached hydrogens (tertiary/aromatic N) is 4. The van der Waals surface area contributed by atoms with Gasteiger partial charge in [-0.15, -0.1) is 0 Å². The van der Waals surface area contributed by atoms with E-state index in [0.717, 1.165) is 33.4 Å². The lowest BCUT2D eigenvalue weighted by atomic mass is 9.41. The van der Waals surface area contributed by atoms with Gasteiger partial charge in [0.15, 0.2) is 17.5 Å².